The number of nitrogens with zero attached hydrogens (tertiary/aromatic N) is 3. The van der Waals surface area contributed by atoms with Crippen molar-refractivity contribution in [3.63, 3.8) is 0 Å². The average molecular weight is 452 g/mol. The second-order valence-electron chi connectivity index (χ2n) is 7.94. The van der Waals surface area contributed by atoms with Crippen LogP contribution < -0.4 is 4.90 Å². The van der Waals surface area contributed by atoms with E-state index in [4.69, 9.17) is 9.47 Å². The fourth-order valence-corrected chi connectivity index (χ4v) is 4.67. The number of hydrogen-bond donors (Lipinski definition) is 0. The van der Waals surface area contributed by atoms with Gasteiger partial charge >= 0.3 is 5.97 Å². The summed E-state index contributed by atoms with van der Waals surface area (Å²) in [5.74, 6) is -0.345. The summed E-state index contributed by atoms with van der Waals surface area (Å²) in [6.07, 6.45) is 4.90. The average Bonchev–Trinajstić information content (AvgIpc) is 3.35. The Hall–Kier alpha value is -2.77. The highest BCUT2D eigenvalue weighted by Crippen LogP contribution is 2.31. The molecule has 1 aliphatic heterocycles. The highest BCUT2D eigenvalue weighted by molar-refractivity contribution is 7.17. The lowest BCUT2D eigenvalue weighted by molar-refractivity contribution is 0.0354. The lowest BCUT2D eigenvalue weighted by Crippen LogP contribution is -2.37. The van der Waals surface area contributed by atoms with Crippen LogP contribution in [0.1, 0.15) is 43.0 Å². The summed E-state index contributed by atoms with van der Waals surface area (Å²) < 4.78 is 10.7. The number of carbonyl (C=O) groups is 1. The molecule has 7 heteroatoms. The summed E-state index contributed by atoms with van der Waals surface area (Å²) in [6, 6.07) is 15.8. The zero-order chi connectivity index (χ0) is 22.3. The molecule has 0 N–H and O–H groups in total. The first-order chi connectivity index (χ1) is 15.7. The van der Waals surface area contributed by atoms with Crippen LogP contribution in [-0.2, 0) is 9.47 Å². The number of methoxy groups -OCH3 is 1. The second-order valence-corrected chi connectivity index (χ2v) is 8.92. The minimum absolute atomic E-state index is 0.345. The van der Waals surface area contributed by atoms with Crippen LogP contribution in [0.25, 0.3) is 21.1 Å². The predicted molar refractivity (Wildman–Crippen MR) is 128 cm³/mol. The number of piperidine rings is 1. The summed E-state index contributed by atoms with van der Waals surface area (Å²) in [6.45, 7) is 5.14. The Morgan fingerprint density at radius 1 is 1.00 bits per heavy atom. The van der Waals surface area contributed by atoms with Gasteiger partial charge in [-0.15, -0.1) is 10.2 Å². The molecule has 0 bridgehead atoms. The summed E-state index contributed by atoms with van der Waals surface area (Å²) in [7, 11) is 1.38. The molecule has 0 radical (unpaired) electrons. The van der Waals surface area contributed by atoms with Gasteiger partial charge in [0.05, 0.1) is 18.8 Å². The molecular formula is C25H29N3O3S. The molecule has 1 saturated heterocycles. The van der Waals surface area contributed by atoms with Crippen molar-refractivity contribution in [1.29, 1.82) is 0 Å². The molecule has 0 spiro atoms. The van der Waals surface area contributed by atoms with E-state index in [2.05, 4.69) is 46.3 Å². The second kappa shape index (κ2) is 10.7. The standard InChI is InChI=1S/C25H29N3O3S/c1-3-4-17-31-22-13-15-28(16-14-22)21-11-9-19(10-12-21)24-27-26-23(32-24)18-5-7-20(8-6-18)25(29)30-2/h5-12,22H,3-4,13-17H2,1-2H3. The molecule has 1 aliphatic rings. The maximum Gasteiger partial charge on any atom is 0.337 e. The molecule has 32 heavy (non-hydrogen) atoms. The molecule has 0 atom stereocenters. The van der Waals surface area contributed by atoms with Crippen LogP contribution in [0.2, 0.25) is 0 Å². The molecule has 6 nitrogen and oxygen atoms in total. The quantitative estimate of drug-likeness (QED) is 0.335. The van der Waals surface area contributed by atoms with E-state index in [-0.39, 0.29) is 5.97 Å². The van der Waals surface area contributed by atoms with Gasteiger partial charge in [0.2, 0.25) is 0 Å². The third-order valence-corrected chi connectivity index (χ3v) is 6.77. The number of rotatable bonds is 8. The van der Waals surface area contributed by atoms with Crippen LogP contribution in [0, 0.1) is 0 Å². The Morgan fingerprint density at radius 3 is 2.16 bits per heavy atom. The number of esters is 1. The van der Waals surface area contributed by atoms with Gasteiger partial charge < -0.3 is 14.4 Å². The van der Waals surface area contributed by atoms with Crippen LogP contribution in [0.3, 0.4) is 0 Å². The molecular weight excluding hydrogens is 422 g/mol. The summed E-state index contributed by atoms with van der Waals surface area (Å²) in [5.41, 5.74) is 3.75. The number of hydrogen-bond acceptors (Lipinski definition) is 7. The number of aromatic nitrogens is 2. The Morgan fingerprint density at radius 2 is 1.59 bits per heavy atom. The maximum atomic E-state index is 11.6. The van der Waals surface area contributed by atoms with Gasteiger partial charge in [-0.1, -0.05) is 36.8 Å². The van der Waals surface area contributed by atoms with Gasteiger partial charge in [0.25, 0.3) is 0 Å². The first kappa shape index (κ1) is 22.4. The Kier molecular flexibility index (Phi) is 7.50. The first-order valence-corrected chi connectivity index (χ1v) is 12.0. The Bertz CT molecular complexity index is 1010. The van der Waals surface area contributed by atoms with Crippen molar-refractivity contribution in [2.75, 3.05) is 31.7 Å². The van der Waals surface area contributed by atoms with Gasteiger partial charge in [-0.3, -0.25) is 0 Å². The third kappa shape index (κ3) is 5.34. The molecule has 2 heterocycles. The van der Waals surface area contributed by atoms with E-state index < -0.39 is 0 Å². The third-order valence-electron chi connectivity index (χ3n) is 5.75. The molecule has 3 aromatic rings. The smallest absolute Gasteiger partial charge is 0.337 e. The number of anilines is 1. The number of ether oxygens (including phenoxy) is 2. The summed E-state index contributed by atoms with van der Waals surface area (Å²) in [4.78, 5) is 14.0. The topological polar surface area (TPSA) is 64.5 Å². The zero-order valence-electron chi connectivity index (χ0n) is 18.6. The van der Waals surface area contributed by atoms with Crippen LogP contribution in [0.15, 0.2) is 48.5 Å². The lowest BCUT2D eigenvalue weighted by Gasteiger charge is -2.33. The fourth-order valence-electron chi connectivity index (χ4n) is 3.81. The molecule has 0 saturated carbocycles. The van der Waals surface area contributed by atoms with E-state index in [0.29, 0.717) is 11.7 Å². The van der Waals surface area contributed by atoms with Crippen LogP contribution in [0.5, 0.6) is 0 Å². The molecule has 2 aromatic carbocycles. The molecule has 0 unspecified atom stereocenters. The van der Waals surface area contributed by atoms with E-state index in [0.717, 1.165) is 60.1 Å². The highest BCUT2D eigenvalue weighted by atomic mass is 32.1. The van der Waals surface area contributed by atoms with Crippen LogP contribution in [-0.4, -0.2) is 49.1 Å². The molecule has 4 rings (SSSR count). The zero-order valence-corrected chi connectivity index (χ0v) is 19.4. The van der Waals surface area contributed by atoms with Crippen LogP contribution in [0.4, 0.5) is 5.69 Å². The summed E-state index contributed by atoms with van der Waals surface area (Å²) >= 11 is 1.54. The van der Waals surface area contributed by atoms with Gasteiger partial charge in [0.15, 0.2) is 0 Å². The van der Waals surface area contributed by atoms with Crippen molar-refractivity contribution in [3.05, 3.63) is 54.1 Å². The number of benzene rings is 2. The minimum Gasteiger partial charge on any atom is -0.465 e. The molecule has 0 amide bonds. The van der Waals surface area contributed by atoms with Crippen LogP contribution >= 0.6 is 11.3 Å². The lowest BCUT2D eigenvalue weighted by atomic mass is 10.1. The van der Waals surface area contributed by atoms with E-state index in [9.17, 15) is 4.79 Å². The van der Waals surface area contributed by atoms with Crippen molar-refractivity contribution in [2.24, 2.45) is 0 Å². The highest BCUT2D eigenvalue weighted by Gasteiger charge is 2.20. The molecule has 1 fully saturated rings. The monoisotopic (exact) mass is 451 g/mol. The maximum absolute atomic E-state index is 11.6. The van der Waals surface area contributed by atoms with Gasteiger partial charge in [-0.25, -0.2) is 4.79 Å². The summed E-state index contributed by atoms with van der Waals surface area (Å²) in [5, 5.41) is 10.4. The van der Waals surface area contributed by atoms with E-state index >= 15 is 0 Å². The normalized spacial score (nSPS) is 14.5. The molecule has 1 aromatic heterocycles. The van der Waals surface area contributed by atoms with E-state index in [1.165, 1.54) is 19.2 Å². The predicted octanol–water partition coefficient (Wildman–Crippen LogP) is 5.44. The Labute approximate surface area is 193 Å². The SMILES string of the molecule is CCCCOC1CCN(c2ccc(-c3nnc(-c4ccc(C(=O)OC)cc4)s3)cc2)CC1. The molecule has 0 aliphatic carbocycles. The van der Waals surface area contributed by atoms with Gasteiger partial charge in [0, 0.05) is 36.5 Å². The van der Waals surface area contributed by atoms with Crippen molar-refractivity contribution >= 4 is 23.0 Å². The molecule has 168 valence electrons. The van der Waals surface area contributed by atoms with E-state index in [1.54, 1.807) is 23.5 Å². The van der Waals surface area contributed by atoms with Crippen molar-refractivity contribution in [1.82, 2.24) is 10.2 Å². The largest absolute Gasteiger partial charge is 0.465 e. The van der Waals surface area contributed by atoms with Crippen molar-refractivity contribution in [3.8, 4) is 21.1 Å². The van der Waals surface area contributed by atoms with Gasteiger partial charge in [-0.2, -0.15) is 0 Å². The van der Waals surface area contributed by atoms with Gasteiger partial charge in [0.1, 0.15) is 10.0 Å². The number of unbranched alkanes of at least 4 members (excludes halogenated alkanes) is 1. The minimum atomic E-state index is -0.345. The van der Waals surface area contributed by atoms with Crippen molar-refractivity contribution < 1.29 is 14.3 Å². The first-order valence-electron chi connectivity index (χ1n) is 11.2. The van der Waals surface area contributed by atoms with E-state index in [1.807, 2.05) is 12.1 Å². The Balaban J connectivity index is 1.37. The van der Waals surface area contributed by atoms with Crippen molar-refractivity contribution in [2.45, 2.75) is 38.7 Å². The number of carbonyl (C=O) groups excluding carboxylic acids is 1. The van der Waals surface area contributed by atoms with Gasteiger partial charge in [-0.05, 0) is 55.7 Å². The fraction of sp³-hybridized carbons (Fsp3) is 0.400.